The summed E-state index contributed by atoms with van der Waals surface area (Å²) in [7, 11) is 0. The topological polar surface area (TPSA) is 60.8 Å². The lowest BCUT2D eigenvalue weighted by atomic mass is 10.0. The van der Waals surface area contributed by atoms with Crippen molar-refractivity contribution in [2.45, 2.75) is 26.7 Å². The van der Waals surface area contributed by atoms with Crippen LogP contribution in [0.4, 0.5) is 0 Å². The van der Waals surface area contributed by atoms with Gasteiger partial charge in [0.05, 0.1) is 13.2 Å². The van der Waals surface area contributed by atoms with E-state index in [1.54, 1.807) is 11.0 Å². The van der Waals surface area contributed by atoms with Crippen LogP contribution >= 0.6 is 0 Å². The number of carbonyl (C=O) groups excluding carboxylic acids is 1. The Morgan fingerprint density at radius 1 is 1.24 bits per heavy atom. The maximum Gasteiger partial charge on any atom is 0.254 e. The molecule has 0 atom stereocenters. The number of aliphatic hydroxyl groups is 2. The second-order valence-electron chi connectivity index (χ2n) is 4.77. The second-order valence-corrected chi connectivity index (χ2v) is 4.77. The molecule has 4 nitrogen and oxygen atoms in total. The van der Waals surface area contributed by atoms with Crippen molar-refractivity contribution < 1.29 is 15.0 Å². The van der Waals surface area contributed by atoms with E-state index in [0.29, 0.717) is 25.1 Å². The maximum absolute atomic E-state index is 12.6. The van der Waals surface area contributed by atoms with Crippen molar-refractivity contribution in [2.75, 3.05) is 26.3 Å². The van der Waals surface area contributed by atoms with Crippen molar-refractivity contribution in [3.8, 4) is 11.8 Å². The highest BCUT2D eigenvalue weighted by molar-refractivity contribution is 5.96. The molecule has 1 rings (SSSR count). The van der Waals surface area contributed by atoms with Gasteiger partial charge in [-0.05, 0) is 31.0 Å². The molecule has 0 radical (unpaired) electrons. The van der Waals surface area contributed by atoms with Gasteiger partial charge in [-0.1, -0.05) is 24.8 Å². The molecule has 0 aliphatic heterocycles. The van der Waals surface area contributed by atoms with E-state index in [2.05, 4.69) is 11.8 Å². The number of benzene rings is 1. The van der Waals surface area contributed by atoms with Gasteiger partial charge in [0.1, 0.15) is 0 Å². The Balaban J connectivity index is 3.04. The monoisotopic (exact) mass is 289 g/mol. The first-order valence-corrected chi connectivity index (χ1v) is 7.25. The molecule has 1 amide bonds. The van der Waals surface area contributed by atoms with Crippen LogP contribution in [0, 0.1) is 18.8 Å². The number of carbonyl (C=O) groups is 1. The molecule has 21 heavy (non-hydrogen) atoms. The van der Waals surface area contributed by atoms with Gasteiger partial charge < -0.3 is 15.1 Å². The molecule has 0 saturated carbocycles. The van der Waals surface area contributed by atoms with Gasteiger partial charge in [0.2, 0.25) is 0 Å². The van der Waals surface area contributed by atoms with E-state index in [1.807, 2.05) is 26.0 Å². The minimum atomic E-state index is -0.0748. The zero-order chi connectivity index (χ0) is 15.7. The molecule has 0 bridgehead atoms. The molecule has 0 saturated heterocycles. The van der Waals surface area contributed by atoms with Crippen LogP contribution in [0.25, 0.3) is 0 Å². The third-order valence-corrected chi connectivity index (χ3v) is 3.17. The van der Waals surface area contributed by atoms with Gasteiger partial charge in [-0.25, -0.2) is 0 Å². The number of rotatable bonds is 6. The molecule has 1 aromatic rings. The van der Waals surface area contributed by atoms with E-state index in [0.717, 1.165) is 17.5 Å². The molecule has 0 aromatic heterocycles. The summed E-state index contributed by atoms with van der Waals surface area (Å²) in [5.74, 6) is 5.78. The number of aliphatic hydroxyl groups excluding tert-OH is 2. The number of amides is 1. The summed E-state index contributed by atoms with van der Waals surface area (Å²) >= 11 is 0. The Hall–Kier alpha value is -1.83. The SMILES string of the molecule is CCCN(CCO)C(=O)c1cccc(C#CCCO)c1C. The second kappa shape index (κ2) is 9.17. The largest absolute Gasteiger partial charge is 0.395 e. The summed E-state index contributed by atoms with van der Waals surface area (Å²) in [4.78, 5) is 14.2. The molecule has 0 unspecified atom stereocenters. The Morgan fingerprint density at radius 2 is 2.00 bits per heavy atom. The van der Waals surface area contributed by atoms with E-state index < -0.39 is 0 Å². The molecule has 0 aliphatic rings. The van der Waals surface area contributed by atoms with Crippen molar-refractivity contribution in [3.63, 3.8) is 0 Å². The lowest BCUT2D eigenvalue weighted by molar-refractivity contribution is 0.0721. The zero-order valence-electron chi connectivity index (χ0n) is 12.7. The summed E-state index contributed by atoms with van der Waals surface area (Å²) in [5, 5.41) is 17.8. The van der Waals surface area contributed by atoms with Gasteiger partial charge in [0.25, 0.3) is 5.91 Å². The van der Waals surface area contributed by atoms with Crippen LogP contribution in [0.3, 0.4) is 0 Å². The zero-order valence-corrected chi connectivity index (χ0v) is 12.7. The van der Waals surface area contributed by atoms with Gasteiger partial charge in [-0.3, -0.25) is 4.79 Å². The lowest BCUT2D eigenvalue weighted by Gasteiger charge is -2.22. The van der Waals surface area contributed by atoms with Crippen molar-refractivity contribution in [1.82, 2.24) is 4.90 Å². The fraction of sp³-hybridized carbons (Fsp3) is 0.471. The fourth-order valence-corrected chi connectivity index (χ4v) is 2.09. The van der Waals surface area contributed by atoms with Crippen LogP contribution in [0.5, 0.6) is 0 Å². The molecule has 114 valence electrons. The molecular weight excluding hydrogens is 266 g/mol. The number of nitrogens with zero attached hydrogens (tertiary/aromatic N) is 1. The average Bonchev–Trinajstić information content (AvgIpc) is 2.48. The molecule has 0 spiro atoms. The quantitative estimate of drug-likeness (QED) is 0.782. The first-order chi connectivity index (χ1) is 10.2. The first-order valence-electron chi connectivity index (χ1n) is 7.25. The van der Waals surface area contributed by atoms with Crippen molar-refractivity contribution in [3.05, 3.63) is 34.9 Å². The summed E-state index contributed by atoms with van der Waals surface area (Å²) in [6, 6.07) is 5.47. The summed E-state index contributed by atoms with van der Waals surface area (Å²) in [6.07, 6.45) is 1.27. The lowest BCUT2D eigenvalue weighted by Crippen LogP contribution is -2.34. The van der Waals surface area contributed by atoms with Crippen molar-refractivity contribution in [2.24, 2.45) is 0 Å². The maximum atomic E-state index is 12.6. The van der Waals surface area contributed by atoms with Crippen molar-refractivity contribution >= 4 is 5.91 Å². The molecule has 4 heteroatoms. The van der Waals surface area contributed by atoms with E-state index in [4.69, 9.17) is 10.2 Å². The van der Waals surface area contributed by atoms with Crippen LogP contribution in [-0.4, -0.2) is 47.3 Å². The third kappa shape index (κ3) is 4.89. The number of hydrogen-bond donors (Lipinski definition) is 2. The van der Waals surface area contributed by atoms with Gasteiger partial charge >= 0.3 is 0 Å². The van der Waals surface area contributed by atoms with Crippen molar-refractivity contribution in [1.29, 1.82) is 0 Å². The van der Waals surface area contributed by atoms with Crippen LogP contribution in [0.1, 0.15) is 41.3 Å². The highest BCUT2D eigenvalue weighted by Gasteiger charge is 2.17. The minimum Gasteiger partial charge on any atom is -0.395 e. The normalized spacial score (nSPS) is 9.90. The molecule has 2 N–H and O–H groups in total. The summed E-state index contributed by atoms with van der Waals surface area (Å²) in [6.45, 7) is 4.83. The van der Waals surface area contributed by atoms with E-state index in [-0.39, 0.29) is 19.1 Å². The van der Waals surface area contributed by atoms with E-state index >= 15 is 0 Å². The molecule has 1 aromatic carbocycles. The average molecular weight is 289 g/mol. The Morgan fingerprint density at radius 3 is 2.62 bits per heavy atom. The van der Waals surface area contributed by atoms with Gasteiger partial charge in [0.15, 0.2) is 0 Å². The van der Waals surface area contributed by atoms with Crippen LogP contribution in [0.2, 0.25) is 0 Å². The first kappa shape index (κ1) is 17.2. The standard InChI is InChI=1S/C17H23NO3/c1-3-10-18(11-13-20)17(21)16-9-6-8-15(14(16)2)7-4-5-12-19/h6,8-9,19-20H,3,5,10-13H2,1-2H3. The Bertz CT molecular complexity index is 523. The van der Waals surface area contributed by atoms with Crippen LogP contribution in [-0.2, 0) is 0 Å². The molecule has 0 aliphatic carbocycles. The molecule has 0 heterocycles. The highest BCUT2D eigenvalue weighted by Crippen LogP contribution is 2.15. The fourth-order valence-electron chi connectivity index (χ4n) is 2.09. The van der Waals surface area contributed by atoms with E-state index in [9.17, 15) is 4.79 Å². The predicted octanol–water partition coefficient (Wildman–Crippen LogP) is 1.57. The van der Waals surface area contributed by atoms with Crippen LogP contribution in [0.15, 0.2) is 18.2 Å². The smallest absolute Gasteiger partial charge is 0.254 e. The number of hydrogen-bond acceptors (Lipinski definition) is 3. The molecular formula is C17H23NO3. The Kier molecular flexibility index (Phi) is 7.52. The summed E-state index contributed by atoms with van der Waals surface area (Å²) in [5.41, 5.74) is 2.26. The highest BCUT2D eigenvalue weighted by atomic mass is 16.3. The van der Waals surface area contributed by atoms with Crippen LogP contribution < -0.4 is 0 Å². The summed E-state index contributed by atoms with van der Waals surface area (Å²) < 4.78 is 0. The Labute approximate surface area is 126 Å². The van der Waals surface area contributed by atoms with E-state index in [1.165, 1.54) is 0 Å². The minimum absolute atomic E-state index is 0.0332. The van der Waals surface area contributed by atoms with Gasteiger partial charge in [-0.15, -0.1) is 0 Å². The predicted molar refractivity (Wildman–Crippen MR) is 83.0 cm³/mol. The third-order valence-electron chi connectivity index (χ3n) is 3.17. The van der Waals surface area contributed by atoms with Gasteiger partial charge in [0, 0.05) is 30.6 Å². The molecule has 0 fully saturated rings. The van der Waals surface area contributed by atoms with Gasteiger partial charge in [-0.2, -0.15) is 0 Å².